The van der Waals surface area contributed by atoms with Crippen LogP contribution < -0.4 is 20.3 Å². The van der Waals surface area contributed by atoms with Crippen molar-refractivity contribution in [2.24, 2.45) is 0 Å². The topological polar surface area (TPSA) is 56.8 Å². The van der Waals surface area contributed by atoms with Crippen LogP contribution in [0.3, 0.4) is 0 Å². The molecule has 6 nitrogen and oxygen atoms in total. The molecule has 1 aliphatic heterocycles. The zero-order chi connectivity index (χ0) is 20.8. The van der Waals surface area contributed by atoms with E-state index in [0.717, 1.165) is 38.4 Å². The highest BCUT2D eigenvalue weighted by Gasteiger charge is 2.17. The van der Waals surface area contributed by atoms with Gasteiger partial charge in [-0.1, -0.05) is 18.5 Å². The fraction of sp³-hybridized carbons (Fsp3) is 0.409. The Hall–Kier alpha value is -2.44. The lowest BCUT2D eigenvalue weighted by Gasteiger charge is -2.35. The number of rotatable bonds is 7. The highest BCUT2D eigenvalue weighted by atomic mass is 35.5. The van der Waals surface area contributed by atoms with Crippen molar-refractivity contribution in [3.8, 4) is 5.75 Å². The average molecular weight is 417 g/mol. The third-order valence-corrected chi connectivity index (χ3v) is 5.48. The van der Waals surface area contributed by atoms with Crippen LogP contribution in [-0.2, 0) is 4.79 Å². The number of nitrogens with zero attached hydrogens (tertiary/aromatic N) is 2. The lowest BCUT2D eigenvalue weighted by atomic mass is 10.2. The Balaban J connectivity index is 1.57. The van der Waals surface area contributed by atoms with Gasteiger partial charge >= 0.3 is 0 Å². The third kappa shape index (κ3) is 5.55. The lowest BCUT2D eigenvalue weighted by Crippen LogP contribution is -2.46. The molecule has 1 fully saturated rings. The molecule has 1 atom stereocenters. The minimum absolute atomic E-state index is 0.162. The zero-order valence-corrected chi connectivity index (χ0v) is 18.0. The number of hydrogen-bond acceptors (Lipinski definition) is 5. The largest absolute Gasteiger partial charge is 0.495 e. The van der Waals surface area contributed by atoms with E-state index in [-0.39, 0.29) is 5.91 Å². The third-order valence-electron chi connectivity index (χ3n) is 5.25. The van der Waals surface area contributed by atoms with E-state index in [9.17, 15) is 4.79 Å². The number of halogens is 1. The molecule has 2 N–H and O–H groups in total. The maximum atomic E-state index is 12.6. The lowest BCUT2D eigenvalue weighted by molar-refractivity contribution is -0.116. The van der Waals surface area contributed by atoms with Gasteiger partial charge in [-0.3, -0.25) is 4.79 Å². The summed E-state index contributed by atoms with van der Waals surface area (Å²) in [7, 11) is 1.56. The predicted octanol–water partition coefficient (Wildman–Crippen LogP) is 3.93. The highest BCUT2D eigenvalue weighted by Crippen LogP contribution is 2.28. The Morgan fingerprint density at radius 3 is 2.45 bits per heavy atom. The molecule has 7 heteroatoms. The Morgan fingerprint density at radius 2 is 1.83 bits per heavy atom. The standard InChI is InChI=1S/C22H29ClN4O2/c1-4-26-11-13-27(14-12-26)19-8-6-18(7-9-19)24-16(2)22(28)25-20-15-17(23)5-10-21(20)29-3/h5-10,15-16,24H,4,11-14H2,1-3H3,(H,25,28)/t16-/m0/s1. The smallest absolute Gasteiger partial charge is 0.246 e. The summed E-state index contributed by atoms with van der Waals surface area (Å²) in [6.45, 7) is 9.42. The number of methoxy groups -OCH3 is 1. The number of likely N-dealkylation sites (N-methyl/N-ethyl adjacent to an activating group) is 1. The summed E-state index contributed by atoms with van der Waals surface area (Å²) < 4.78 is 5.28. The molecule has 2 aromatic carbocycles. The van der Waals surface area contributed by atoms with Crippen molar-refractivity contribution in [2.45, 2.75) is 19.9 Å². The van der Waals surface area contributed by atoms with Crippen molar-refractivity contribution in [2.75, 3.05) is 55.4 Å². The zero-order valence-electron chi connectivity index (χ0n) is 17.2. The Bertz CT molecular complexity index is 820. The van der Waals surface area contributed by atoms with E-state index in [1.807, 2.05) is 19.1 Å². The van der Waals surface area contributed by atoms with E-state index in [0.29, 0.717) is 16.5 Å². The molecule has 0 aromatic heterocycles. The van der Waals surface area contributed by atoms with Gasteiger partial charge in [-0.25, -0.2) is 0 Å². The van der Waals surface area contributed by atoms with Gasteiger partial charge in [-0.05, 0) is 55.9 Å². The molecular formula is C22H29ClN4O2. The maximum Gasteiger partial charge on any atom is 0.246 e. The van der Waals surface area contributed by atoms with Crippen molar-refractivity contribution in [3.63, 3.8) is 0 Å². The minimum Gasteiger partial charge on any atom is -0.495 e. The molecule has 0 unspecified atom stereocenters. The number of anilines is 3. The summed E-state index contributed by atoms with van der Waals surface area (Å²) >= 11 is 6.03. The van der Waals surface area contributed by atoms with Crippen LogP contribution in [0.15, 0.2) is 42.5 Å². The number of piperazine rings is 1. The van der Waals surface area contributed by atoms with E-state index in [1.54, 1.807) is 25.3 Å². The molecule has 0 spiro atoms. The van der Waals surface area contributed by atoms with Gasteiger partial charge in [-0.15, -0.1) is 0 Å². The van der Waals surface area contributed by atoms with Crippen LogP contribution in [0.5, 0.6) is 5.75 Å². The molecule has 1 aliphatic rings. The van der Waals surface area contributed by atoms with Gasteiger partial charge in [0, 0.05) is 42.6 Å². The number of carbonyl (C=O) groups is 1. The van der Waals surface area contributed by atoms with E-state index < -0.39 is 6.04 Å². The number of benzene rings is 2. The van der Waals surface area contributed by atoms with Gasteiger partial charge in [-0.2, -0.15) is 0 Å². The van der Waals surface area contributed by atoms with Crippen molar-refractivity contribution in [1.82, 2.24) is 4.90 Å². The molecule has 0 radical (unpaired) electrons. The van der Waals surface area contributed by atoms with Gasteiger partial charge in [0.05, 0.1) is 12.8 Å². The summed E-state index contributed by atoms with van der Waals surface area (Å²) in [4.78, 5) is 17.4. The van der Waals surface area contributed by atoms with Crippen LogP contribution in [-0.4, -0.2) is 56.7 Å². The van der Waals surface area contributed by atoms with Crippen molar-refractivity contribution < 1.29 is 9.53 Å². The van der Waals surface area contributed by atoms with E-state index in [4.69, 9.17) is 16.3 Å². The minimum atomic E-state index is -0.419. The molecular weight excluding hydrogens is 388 g/mol. The molecule has 1 amide bonds. The van der Waals surface area contributed by atoms with Crippen LogP contribution in [0.25, 0.3) is 0 Å². The second kappa shape index (κ2) is 9.85. The maximum absolute atomic E-state index is 12.6. The van der Waals surface area contributed by atoms with Gasteiger partial charge in [0.15, 0.2) is 0 Å². The monoisotopic (exact) mass is 416 g/mol. The summed E-state index contributed by atoms with van der Waals surface area (Å²) in [5.41, 5.74) is 2.67. The summed E-state index contributed by atoms with van der Waals surface area (Å²) in [6.07, 6.45) is 0. The molecule has 3 rings (SSSR count). The first-order valence-electron chi connectivity index (χ1n) is 9.98. The molecule has 29 heavy (non-hydrogen) atoms. The number of nitrogens with one attached hydrogen (secondary N) is 2. The Kier molecular flexibility index (Phi) is 7.23. The van der Waals surface area contributed by atoms with Gasteiger partial charge < -0.3 is 25.2 Å². The number of hydrogen-bond donors (Lipinski definition) is 2. The molecule has 1 saturated heterocycles. The van der Waals surface area contributed by atoms with Crippen LogP contribution >= 0.6 is 11.6 Å². The number of amides is 1. The second-order valence-corrected chi connectivity index (χ2v) is 7.60. The summed E-state index contributed by atoms with van der Waals surface area (Å²) in [5, 5.41) is 6.66. The molecule has 0 aliphatic carbocycles. The quantitative estimate of drug-likeness (QED) is 0.716. The van der Waals surface area contributed by atoms with Crippen LogP contribution in [0.2, 0.25) is 5.02 Å². The average Bonchev–Trinajstić information content (AvgIpc) is 2.74. The molecule has 156 valence electrons. The highest BCUT2D eigenvalue weighted by molar-refractivity contribution is 6.31. The summed E-state index contributed by atoms with van der Waals surface area (Å²) in [6, 6.07) is 13.0. The first kappa shape index (κ1) is 21.3. The first-order chi connectivity index (χ1) is 14.0. The molecule has 0 saturated carbocycles. The van der Waals surface area contributed by atoms with Gasteiger partial charge in [0.1, 0.15) is 11.8 Å². The number of ether oxygens (including phenoxy) is 1. The van der Waals surface area contributed by atoms with E-state index in [2.05, 4.69) is 39.5 Å². The Labute approximate surface area is 177 Å². The molecule has 2 aromatic rings. The first-order valence-corrected chi connectivity index (χ1v) is 10.4. The summed E-state index contributed by atoms with van der Waals surface area (Å²) in [5.74, 6) is 0.410. The SMILES string of the molecule is CCN1CCN(c2ccc(N[C@@H](C)C(=O)Nc3cc(Cl)ccc3OC)cc2)CC1. The fourth-order valence-electron chi connectivity index (χ4n) is 3.43. The van der Waals surface area contributed by atoms with Crippen LogP contribution in [0.4, 0.5) is 17.1 Å². The van der Waals surface area contributed by atoms with Crippen molar-refractivity contribution in [1.29, 1.82) is 0 Å². The predicted molar refractivity (Wildman–Crippen MR) is 120 cm³/mol. The van der Waals surface area contributed by atoms with Gasteiger partial charge in [0.25, 0.3) is 0 Å². The van der Waals surface area contributed by atoms with Crippen LogP contribution in [0.1, 0.15) is 13.8 Å². The number of carbonyl (C=O) groups excluding carboxylic acids is 1. The van der Waals surface area contributed by atoms with E-state index in [1.165, 1.54) is 5.69 Å². The van der Waals surface area contributed by atoms with Crippen molar-refractivity contribution in [3.05, 3.63) is 47.5 Å². The fourth-order valence-corrected chi connectivity index (χ4v) is 3.60. The Morgan fingerprint density at radius 1 is 1.14 bits per heavy atom. The van der Waals surface area contributed by atoms with Crippen LogP contribution in [0, 0.1) is 0 Å². The van der Waals surface area contributed by atoms with E-state index >= 15 is 0 Å². The van der Waals surface area contributed by atoms with Crippen molar-refractivity contribution >= 4 is 34.6 Å². The molecule has 1 heterocycles. The van der Waals surface area contributed by atoms with Gasteiger partial charge in [0.2, 0.25) is 5.91 Å². The normalized spacial score (nSPS) is 15.7. The molecule has 0 bridgehead atoms. The second-order valence-electron chi connectivity index (χ2n) is 7.17.